The summed E-state index contributed by atoms with van der Waals surface area (Å²) in [7, 11) is 0. The van der Waals surface area contributed by atoms with Gasteiger partial charge in [0.15, 0.2) is 0 Å². The fourth-order valence-electron chi connectivity index (χ4n) is 6.16. The second kappa shape index (κ2) is 6.24. The van der Waals surface area contributed by atoms with Crippen LogP contribution in [0.5, 0.6) is 0 Å². The van der Waals surface area contributed by atoms with E-state index in [9.17, 15) is 9.90 Å². The van der Waals surface area contributed by atoms with E-state index in [0.717, 1.165) is 35.5 Å². The van der Waals surface area contributed by atoms with Crippen LogP contribution >= 0.6 is 11.6 Å². The summed E-state index contributed by atoms with van der Waals surface area (Å²) in [6.45, 7) is 0.974. The van der Waals surface area contributed by atoms with Crippen LogP contribution in [0.25, 0.3) is 0 Å². The molecule has 2 aliphatic heterocycles. The maximum absolute atomic E-state index is 11.8. The molecule has 4 heteroatoms. The summed E-state index contributed by atoms with van der Waals surface area (Å²) in [5.74, 6) is 0.239. The van der Waals surface area contributed by atoms with Gasteiger partial charge in [0.25, 0.3) is 0 Å². The van der Waals surface area contributed by atoms with Crippen LogP contribution in [0.3, 0.4) is 0 Å². The fourth-order valence-corrected chi connectivity index (χ4v) is 6.41. The van der Waals surface area contributed by atoms with Gasteiger partial charge < -0.3 is 14.8 Å². The van der Waals surface area contributed by atoms with E-state index < -0.39 is 5.97 Å². The Morgan fingerprint density at radius 2 is 1.72 bits per heavy atom. The summed E-state index contributed by atoms with van der Waals surface area (Å²) >= 11 is 6.69. The summed E-state index contributed by atoms with van der Waals surface area (Å²) in [6.07, 6.45) is 11.0. The van der Waals surface area contributed by atoms with Gasteiger partial charge in [-0.15, -0.1) is 0 Å². The van der Waals surface area contributed by atoms with Gasteiger partial charge in [-0.25, -0.2) is 0 Å². The molecule has 5 atom stereocenters. The number of carbonyl (C=O) groups excluding carboxylic acids is 1. The van der Waals surface area contributed by atoms with Crippen molar-refractivity contribution in [1.29, 1.82) is 0 Å². The number of hydrogen-bond donors (Lipinski definition) is 0. The number of halogens is 1. The van der Waals surface area contributed by atoms with Gasteiger partial charge in [-0.1, -0.05) is 54.1 Å². The molecule has 0 saturated heterocycles. The Labute approximate surface area is 175 Å². The predicted molar refractivity (Wildman–Crippen MR) is 112 cm³/mol. The van der Waals surface area contributed by atoms with Gasteiger partial charge in [0.2, 0.25) is 0 Å². The summed E-state index contributed by atoms with van der Waals surface area (Å²) in [6, 6.07) is 12.1. The van der Waals surface area contributed by atoms with Crippen molar-refractivity contribution in [2.45, 2.75) is 30.7 Å². The zero-order valence-corrected chi connectivity index (χ0v) is 16.7. The molecule has 0 amide bonds. The smallest absolute Gasteiger partial charge is 0.0715 e. The van der Waals surface area contributed by atoms with E-state index >= 15 is 0 Å². The molecule has 0 spiro atoms. The first-order valence-electron chi connectivity index (χ1n) is 10.4. The van der Waals surface area contributed by atoms with Crippen molar-refractivity contribution in [1.82, 2.24) is 0 Å². The molecule has 0 saturated carbocycles. The third-order valence-electron chi connectivity index (χ3n) is 7.31. The molecule has 0 N–H and O–H groups in total. The molecule has 6 rings (SSSR count). The SMILES string of the molecule is O=C([O-])c1cc2c3c(c1)C1C=CCC1C(c1ccccc1Cl)N3CC1CC=CC21. The Morgan fingerprint density at radius 3 is 2.52 bits per heavy atom. The van der Waals surface area contributed by atoms with E-state index in [2.05, 4.69) is 41.3 Å². The number of rotatable bonds is 2. The van der Waals surface area contributed by atoms with E-state index in [1.54, 1.807) is 0 Å². The van der Waals surface area contributed by atoms with E-state index in [0.29, 0.717) is 17.4 Å². The van der Waals surface area contributed by atoms with Gasteiger partial charge in [0, 0.05) is 29.1 Å². The minimum atomic E-state index is -1.09. The van der Waals surface area contributed by atoms with Gasteiger partial charge in [0.1, 0.15) is 0 Å². The first-order valence-corrected chi connectivity index (χ1v) is 10.7. The number of carbonyl (C=O) groups is 1. The lowest BCUT2D eigenvalue weighted by Gasteiger charge is -2.51. The number of allylic oxidation sites excluding steroid dienone is 4. The number of carboxylic acids is 1. The fraction of sp³-hybridized carbons (Fsp3) is 0.320. The molecule has 29 heavy (non-hydrogen) atoms. The van der Waals surface area contributed by atoms with Crippen LogP contribution in [0.15, 0.2) is 60.7 Å². The van der Waals surface area contributed by atoms with Gasteiger partial charge >= 0.3 is 0 Å². The normalized spacial score (nSPS) is 30.8. The van der Waals surface area contributed by atoms with Gasteiger partial charge in [-0.3, -0.25) is 0 Å². The highest BCUT2D eigenvalue weighted by Crippen LogP contribution is 2.59. The standard InChI is InChI=1S/C25H22ClNO2/c26-22-10-2-1-6-19(22)23-18-9-4-8-17(18)21-12-15(25(28)29)11-20-16-7-3-5-14(16)13-27(23)24(20)21/h1-4,6-8,10-12,14,16-18,23H,5,9,13H2,(H,28,29)/p-1. The third kappa shape index (κ3) is 2.40. The summed E-state index contributed by atoms with van der Waals surface area (Å²) in [5, 5.41) is 12.6. The Kier molecular flexibility index (Phi) is 3.73. The molecule has 146 valence electrons. The van der Waals surface area contributed by atoms with Crippen LogP contribution in [-0.2, 0) is 0 Å². The topological polar surface area (TPSA) is 43.4 Å². The van der Waals surface area contributed by atoms with Crippen molar-refractivity contribution < 1.29 is 9.90 Å². The molecule has 0 bridgehead atoms. The lowest BCUT2D eigenvalue weighted by molar-refractivity contribution is -0.255. The lowest BCUT2D eigenvalue weighted by atomic mass is 9.70. The zero-order chi connectivity index (χ0) is 19.7. The Balaban J connectivity index is 1.62. The molecule has 2 aromatic rings. The highest BCUT2D eigenvalue weighted by atomic mass is 35.5. The molecular weight excluding hydrogens is 382 g/mol. The summed E-state index contributed by atoms with van der Waals surface area (Å²) < 4.78 is 0. The second-order valence-electron chi connectivity index (χ2n) is 8.71. The Bertz CT molecular complexity index is 1070. The van der Waals surface area contributed by atoms with Crippen LogP contribution in [0.1, 0.15) is 57.8 Å². The van der Waals surface area contributed by atoms with E-state index in [1.807, 2.05) is 24.3 Å². The monoisotopic (exact) mass is 402 g/mol. The van der Waals surface area contributed by atoms with Crippen LogP contribution in [0.2, 0.25) is 5.02 Å². The quantitative estimate of drug-likeness (QED) is 0.689. The average Bonchev–Trinajstić information content (AvgIpc) is 3.38. The maximum Gasteiger partial charge on any atom is 0.0715 e. The molecule has 0 fully saturated rings. The van der Waals surface area contributed by atoms with Crippen molar-refractivity contribution in [3.8, 4) is 0 Å². The molecule has 2 aromatic carbocycles. The zero-order valence-electron chi connectivity index (χ0n) is 15.9. The van der Waals surface area contributed by atoms with Gasteiger partial charge in [-0.05, 0) is 65.1 Å². The van der Waals surface area contributed by atoms with E-state index in [1.165, 1.54) is 11.3 Å². The number of aromatic carboxylic acids is 1. The van der Waals surface area contributed by atoms with Crippen molar-refractivity contribution in [2.75, 3.05) is 11.4 Å². The largest absolute Gasteiger partial charge is 0.545 e. The molecule has 0 aromatic heterocycles. The second-order valence-corrected chi connectivity index (χ2v) is 9.12. The third-order valence-corrected chi connectivity index (χ3v) is 7.65. The van der Waals surface area contributed by atoms with E-state index in [4.69, 9.17) is 11.6 Å². The Morgan fingerprint density at radius 1 is 1.00 bits per heavy atom. The van der Waals surface area contributed by atoms with Crippen LogP contribution in [-0.4, -0.2) is 12.5 Å². The maximum atomic E-state index is 11.8. The van der Waals surface area contributed by atoms with Gasteiger partial charge in [-0.2, -0.15) is 0 Å². The number of benzene rings is 2. The van der Waals surface area contributed by atoms with E-state index in [-0.39, 0.29) is 17.9 Å². The predicted octanol–water partition coefficient (Wildman–Crippen LogP) is 4.60. The molecule has 0 radical (unpaired) electrons. The first-order chi connectivity index (χ1) is 14.1. The summed E-state index contributed by atoms with van der Waals surface area (Å²) in [4.78, 5) is 14.3. The van der Waals surface area contributed by atoms with Gasteiger partial charge in [0.05, 0.1) is 12.0 Å². The van der Waals surface area contributed by atoms with Crippen molar-refractivity contribution in [3.05, 3.63) is 88.0 Å². The lowest BCUT2D eigenvalue weighted by Crippen LogP contribution is -2.46. The molecule has 2 aliphatic carbocycles. The number of anilines is 1. The number of nitrogens with zero attached hydrogens (tertiary/aromatic N) is 1. The molecule has 5 unspecified atom stereocenters. The highest BCUT2D eigenvalue weighted by Gasteiger charge is 2.48. The van der Waals surface area contributed by atoms with Crippen molar-refractivity contribution in [2.24, 2.45) is 11.8 Å². The first kappa shape index (κ1) is 17.3. The van der Waals surface area contributed by atoms with Crippen molar-refractivity contribution >= 4 is 23.3 Å². The molecular formula is C25H21ClNO2-. The number of hydrogen-bond acceptors (Lipinski definition) is 3. The Hall–Kier alpha value is -2.52. The van der Waals surface area contributed by atoms with Crippen molar-refractivity contribution in [3.63, 3.8) is 0 Å². The molecule has 3 nitrogen and oxygen atoms in total. The molecule has 4 aliphatic rings. The average molecular weight is 403 g/mol. The van der Waals surface area contributed by atoms with Crippen LogP contribution in [0.4, 0.5) is 5.69 Å². The minimum absolute atomic E-state index is 0.199. The number of carboxylic acid groups (broad SMARTS) is 1. The van der Waals surface area contributed by atoms with Crippen LogP contribution < -0.4 is 10.0 Å². The molecule has 2 heterocycles. The minimum Gasteiger partial charge on any atom is -0.545 e. The summed E-state index contributed by atoms with van der Waals surface area (Å²) in [5.41, 5.74) is 4.98. The highest BCUT2D eigenvalue weighted by molar-refractivity contribution is 6.31. The van der Waals surface area contributed by atoms with Crippen LogP contribution in [0, 0.1) is 11.8 Å². The number of fused-ring (bicyclic) bond motifs is 4.